The molecular formula is C27H39BN2O4. The fraction of sp³-hybridized carbons (Fsp3) is 0.593. The number of likely N-dealkylation sites (tertiary alicyclic amines) is 1. The summed E-state index contributed by atoms with van der Waals surface area (Å²) < 4.78 is 20.7. The van der Waals surface area contributed by atoms with Crippen LogP contribution >= 0.6 is 0 Å². The van der Waals surface area contributed by atoms with Crippen LogP contribution in [0, 0.1) is 0 Å². The minimum atomic E-state index is -0.507. The summed E-state index contributed by atoms with van der Waals surface area (Å²) in [5.74, 6) is 0.00812. The Morgan fingerprint density at radius 1 is 1.21 bits per heavy atom. The Labute approximate surface area is 204 Å². The van der Waals surface area contributed by atoms with E-state index in [1.807, 2.05) is 50.2 Å². The first kappa shape index (κ1) is 24.9. The van der Waals surface area contributed by atoms with Crippen LogP contribution in [0.3, 0.4) is 0 Å². The molecule has 0 bridgehead atoms. The molecule has 2 fully saturated rings. The summed E-state index contributed by atoms with van der Waals surface area (Å²) in [7, 11) is -0.364. The minimum absolute atomic E-state index is 0.00812. The fourth-order valence-corrected chi connectivity index (χ4v) is 5.28. The monoisotopic (exact) mass is 466 g/mol. The molecule has 2 saturated heterocycles. The zero-order valence-corrected chi connectivity index (χ0v) is 21.5. The Kier molecular flexibility index (Phi) is 7.16. The second-order valence-electron chi connectivity index (χ2n) is 11.4. The molecule has 0 saturated carbocycles. The average molecular weight is 466 g/mol. The van der Waals surface area contributed by atoms with Gasteiger partial charge in [-0.05, 0) is 97.1 Å². The van der Waals surface area contributed by atoms with Crippen LogP contribution in [0.15, 0.2) is 48.8 Å². The van der Waals surface area contributed by atoms with Gasteiger partial charge in [0.15, 0.2) is 0 Å². The maximum atomic E-state index is 12.9. The van der Waals surface area contributed by atoms with E-state index in [2.05, 4.69) is 49.6 Å². The number of rotatable bonds is 5. The number of carbonyl (C=O) groups is 1. The molecule has 1 aromatic heterocycles. The summed E-state index contributed by atoms with van der Waals surface area (Å²) >= 11 is 0. The second kappa shape index (κ2) is 9.78. The maximum absolute atomic E-state index is 12.9. The van der Waals surface area contributed by atoms with Crippen LogP contribution in [0.1, 0.15) is 78.6 Å². The molecule has 0 N–H and O–H groups in total. The topological polar surface area (TPSA) is 52.9 Å². The first-order valence-electron chi connectivity index (χ1n) is 12.6. The molecule has 2 aliphatic heterocycles. The number of ether oxygens (including phenoxy) is 1. The third kappa shape index (κ3) is 6.05. The van der Waals surface area contributed by atoms with Gasteiger partial charge in [0.05, 0.1) is 5.60 Å². The lowest BCUT2D eigenvalue weighted by Gasteiger charge is -2.41. The van der Waals surface area contributed by atoms with Gasteiger partial charge in [0.1, 0.15) is 5.60 Å². The molecule has 1 amide bonds. The van der Waals surface area contributed by atoms with E-state index in [-0.39, 0.29) is 36.8 Å². The van der Waals surface area contributed by atoms with Crippen LogP contribution in [0.4, 0.5) is 4.79 Å². The number of aromatic nitrogens is 1. The summed E-state index contributed by atoms with van der Waals surface area (Å²) in [6.07, 6.45) is 7.55. The number of hydrogen-bond donors (Lipinski definition) is 0. The predicted octanol–water partition coefficient (Wildman–Crippen LogP) is 5.98. The van der Waals surface area contributed by atoms with Gasteiger partial charge in [0, 0.05) is 42.6 Å². The van der Waals surface area contributed by atoms with Crippen LogP contribution in [-0.4, -0.2) is 52.6 Å². The molecule has 0 aliphatic carbocycles. The van der Waals surface area contributed by atoms with Gasteiger partial charge in [-0.25, -0.2) is 4.79 Å². The van der Waals surface area contributed by atoms with Gasteiger partial charge in [-0.1, -0.05) is 12.1 Å². The van der Waals surface area contributed by atoms with Crippen molar-refractivity contribution in [2.24, 2.45) is 0 Å². The largest absolute Gasteiger partial charge is 0.465 e. The standard InChI is InChI=1S/C27H39BN2O4/c1-20-19-27(5,6)34-28(33-20)24(21-11-13-22(14-12-21)29-15-7-8-16-29)18-23-10-9-17-30(23)25(31)32-26(2,3)4/h7-8,11-16,20,23-24H,9-10,17-19H2,1-6H3. The summed E-state index contributed by atoms with van der Waals surface area (Å²) in [6, 6.07) is 12.8. The van der Waals surface area contributed by atoms with Crippen LogP contribution < -0.4 is 0 Å². The Morgan fingerprint density at radius 2 is 1.88 bits per heavy atom. The lowest BCUT2D eigenvalue weighted by molar-refractivity contribution is -0.0338. The van der Waals surface area contributed by atoms with Crippen LogP contribution in [0.5, 0.6) is 0 Å². The van der Waals surface area contributed by atoms with Crippen LogP contribution in [0.2, 0.25) is 0 Å². The zero-order valence-electron chi connectivity index (χ0n) is 21.5. The lowest BCUT2D eigenvalue weighted by atomic mass is 9.63. The number of hydrogen-bond acceptors (Lipinski definition) is 4. The van der Waals surface area contributed by atoms with Crippen LogP contribution in [-0.2, 0) is 14.0 Å². The summed E-state index contributed by atoms with van der Waals surface area (Å²) in [4.78, 5) is 14.8. The van der Waals surface area contributed by atoms with E-state index in [1.165, 1.54) is 5.56 Å². The molecule has 3 unspecified atom stereocenters. The van der Waals surface area contributed by atoms with E-state index in [4.69, 9.17) is 14.0 Å². The van der Waals surface area contributed by atoms with Gasteiger partial charge in [0.25, 0.3) is 0 Å². The van der Waals surface area contributed by atoms with Crippen molar-refractivity contribution >= 4 is 13.2 Å². The van der Waals surface area contributed by atoms with E-state index in [9.17, 15) is 4.79 Å². The molecule has 7 heteroatoms. The highest BCUT2D eigenvalue weighted by atomic mass is 16.6. The van der Waals surface area contributed by atoms with Crippen molar-refractivity contribution in [3.63, 3.8) is 0 Å². The van der Waals surface area contributed by atoms with Gasteiger partial charge in [0.2, 0.25) is 0 Å². The van der Waals surface area contributed by atoms with Crippen molar-refractivity contribution in [3.8, 4) is 5.69 Å². The Morgan fingerprint density at radius 3 is 2.50 bits per heavy atom. The molecule has 3 heterocycles. The molecular weight excluding hydrogens is 427 g/mol. The van der Waals surface area contributed by atoms with Crippen molar-refractivity contribution in [3.05, 3.63) is 54.4 Å². The number of nitrogens with zero attached hydrogens (tertiary/aromatic N) is 2. The molecule has 184 valence electrons. The lowest BCUT2D eigenvalue weighted by Crippen LogP contribution is -2.50. The summed E-state index contributed by atoms with van der Waals surface area (Å²) in [6.45, 7) is 12.9. The van der Waals surface area contributed by atoms with E-state index in [0.717, 1.165) is 37.9 Å². The number of carbonyl (C=O) groups excluding carboxylic acids is 1. The first-order chi connectivity index (χ1) is 16.0. The number of benzene rings is 1. The van der Waals surface area contributed by atoms with Crippen LogP contribution in [0.25, 0.3) is 5.69 Å². The van der Waals surface area contributed by atoms with Crippen molar-refractivity contribution in [1.82, 2.24) is 9.47 Å². The fourth-order valence-electron chi connectivity index (χ4n) is 5.28. The van der Waals surface area contributed by atoms with E-state index >= 15 is 0 Å². The van der Waals surface area contributed by atoms with Gasteiger partial charge >= 0.3 is 13.2 Å². The molecule has 4 rings (SSSR count). The zero-order chi connectivity index (χ0) is 24.5. The highest BCUT2D eigenvalue weighted by Crippen LogP contribution is 2.37. The molecule has 2 aliphatic rings. The molecule has 0 spiro atoms. The Hall–Kier alpha value is -2.25. The SMILES string of the molecule is CC1CC(C)(C)OB(C(CC2CCCN2C(=O)OC(C)(C)C)c2ccc(-n3cccc3)cc2)O1. The quantitative estimate of drug-likeness (QED) is 0.509. The molecule has 3 atom stereocenters. The Balaban J connectivity index is 1.59. The molecule has 2 aromatic rings. The summed E-state index contributed by atoms with van der Waals surface area (Å²) in [5, 5.41) is 0. The number of amides is 1. The smallest absolute Gasteiger partial charge is 0.444 e. The molecule has 6 nitrogen and oxygen atoms in total. The molecule has 0 radical (unpaired) electrons. The maximum Gasteiger partial charge on any atom is 0.465 e. The van der Waals surface area contributed by atoms with Gasteiger partial charge in [-0.15, -0.1) is 0 Å². The molecule has 34 heavy (non-hydrogen) atoms. The highest BCUT2D eigenvalue weighted by molar-refractivity contribution is 6.47. The van der Waals surface area contributed by atoms with E-state index in [0.29, 0.717) is 0 Å². The van der Waals surface area contributed by atoms with Crippen molar-refractivity contribution in [2.45, 2.75) is 96.4 Å². The van der Waals surface area contributed by atoms with Gasteiger partial charge in [-0.3, -0.25) is 0 Å². The third-order valence-electron chi connectivity index (χ3n) is 6.66. The predicted molar refractivity (Wildman–Crippen MR) is 135 cm³/mol. The van der Waals surface area contributed by atoms with Gasteiger partial charge in [-0.2, -0.15) is 0 Å². The normalized spacial score (nSPS) is 23.7. The van der Waals surface area contributed by atoms with E-state index < -0.39 is 5.60 Å². The van der Waals surface area contributed by atoms with Crippen molar-refractivity contribution < 1.29 is 18.8 Å². The minimum Gasteiger partial charge on any atom is -0.444 e. The average Bonchev–Trinajstić information content (AvgIpc) is 3.41. The van der Waals surface area contributed by atoms with Crippen molar-refractivity contribution in [1.29, 1.82) is 0 Å². The van der Waals surface area contributed by atoms with Gasteiger partial charge < -0.3 is 23.5 Å². The first-order valence-corrected chi connectivity index (χ1v) is 12.6. The van der Waals surface area contributed by atoms with Crippen molar-refractivity contribution in [2.75, 3.05) is 6.54 Å². The Bertz CT molecular complexity index is 952. The molecule has 1 aromatic carbocycles. The second-order valence-corrected chi connectivity index (χ2v) is 11.4. The summed E-state index contributed by atoms with van der Waals surface area (Å²) in [5.41, 5.74) is 1.52. The van der Waals surface area contributed by atoms with E-state index in [1.54, 1.807) is 0 Å². The third-order valence-corrected chi connectivity index (χ3v) is 6.66. The highest BCUT2D eigenvalue weighted by Gasteiger charge is 2.45.